The van der Waals surface area contributed by atoms with Gasteiger partial charge in [-0.3, -0.25) is 4.68 Å². The highest BCUT2D eigenvalue weighted by atomic mass is 16.5. The van der Waals surface area contributed by atoms with Gasteiger partial charge in [0.25, 0.3) is 0 Å². The second-order valence-corrected chi connectivity index (χ2v) is 3.83. The van der Waals surface area contributed by atoms with Crippen molar-refractivity contribution in [1.29, 1.82) is 0 Å². The van der Waals surface area contributed by atoms with Crippen molar-refractivity contribution in [3.8, 4) is 0 Å². The first-order valence-corrected chi connectivity index (χ1v) is 4.65. The van der Waals surface area contributed by atoms with E-state index < -0.39 is 5.60 Å². The fraction of sp³-hybridized carbons (Fsp3) is 0.700. The smallest absolute Gasteiger partial charge is 0.129 e. The Labute approximate surface area is 84.5 Å². The Morgan fingerprint density at radius 3 is 2.57 bits per heavy atom. The van der Waals surface area contributed by atoms with Gasteiger partial charge in [-0.2, -0.15) is 5.10 Å². The molecule has 2 unspecified atom stereocenters. The first-order chi connectivity index (χ1) is 6.41. The standard InChI is InChI=1S/C10H18N2O2/c1-7-6-11-12(4)9(7)10(3,13)8(2)14-5/h6,8,13H,1-5H3. The quantitative estimate of drug-likeness (QED) is 0.787. The second-order valence-electron chi connectivity index (χ2n) is 3.83. The summed E-state index contributed by atoms with van der Waals surface area (Å²) in [6, 6.07) is 0. The number of aliphatic hydroxyl groups is 1. The van der Waals surface area contributed by atoms with Crippen molar-refractivity contribution in [2.45, 2.75) is 32.5 Å². The van der Waals surface area contributed by atoms with Gasteiger partial charge in [-0.15, -0.1) is 0 Å². The molecular weight excluding hydrogens is 180 g/mol. The Balaban J connectivity index is 3.14. The van der Waals surface area contributed by atoms with Crippen molar-refractivity contribution in [2.75, 3.05) is 7.11 Å². The Bertz CT molecular complexity index is 298. The number of hydrogen-bond donors (Lipinski definition) is 1. The molecule has 0 amide bonds. The molecule has 4 nitrogen and oxygen atoms in total. The largest absolute Gasteiger partial charge is 0.381 e. The minimum absolute atomic E-state index is 0.267. The van der Waals surface area contributed by atoms with Crippen molar-refractivity contribution in [3.05, 3.63) is 17.5 Å². The third kappa shape index (κ3) is 1.67. The predicted octanol–water partition coefficient (Wildman–Crippen LogP) is 0.971. The van der Waals surface area contributed by atoms with E-state index in [1.165, 1.54) is 0 Å². The zero-order valence-electron chi connectivity index (χ0n) is 9.40. The lowest BCUT2D eigenvalue weighted by atomic mass is 9.93. The Hall–Kier alpha value is -0.870. The van der Waals surface area contributed by atoms with Crippen LogP contribution in [-0.2, 0) is 17.4 Å². The van der Waals surface area contributed by atoms with E-state index in [1.807, 2.05) is 20.9 Å². The topological polar surface area (TPSA) is 47.3 Å². The van der Waals surface area contributed by atoms with Crippen LogP contribution in [0.3, 0.4) is 0 Å². The van der Waals surface area contributed by atoms with Gasteiger partial charge in [0, 0.05) is 14.2 Å². The molecule has 80 valence electrons. The number of methoxy groups -OCH3 is 1. The summed E-state index contributed by atoms with van der Waals surface area (Å²) in [6.45, 7) is 5.51. The normalized spacial score (nSPS) is 17.9. The highest BCUT2D eigenvalue weighted by Gasteiger charge is 2.34. The molecule has 1 aromatic rings. The van der Waals surface area contributed by atoms with Crippen LogP contribution < -0.4 is 0 Å². The van der Waals surface area contributed by atoms with Crippen molar-refractivity contribution in [3.63, 3.8) is 0 Å². The van der Waals surface area contributed by atoms with Gasteiger partial charge in [0.15, 0.2) is 0 Å². The van der Waals surface area contributed by atoms with Gasteiger partial charge in [0.2, 0.25) is 0 Å². The summed E-state index contributed by atoms with van der Waals surface area (Å²) < 4.78 is 6.84. The Morgan fingerprint density at radius 2 is 2.21 bits per heavy atom. The average molecular weight is 198 g/mol. The molecule has 14 heavy (non-hydrogen) atoms. The van der Waals surface area contributed by atoms with Gasteiger partial charge in [0.1, 0.15) is 5.60 Å². The molecule has 0 spiro atoms. The average Bonchev–Trinajstić information content (AvgIpc) is 2.44. The van der Waals surface area contributed by atoms with Crippen molar-refractivity contribution in [1.82, 2.24) is 9.78 Å². The molecule has 2 atom stereocenters. The molecule has 0 aliphatic heterocycles. The number of aryl methyl sites for hydroxylation is 2. The molecule has 1 N–H and O–H groups in total. The van der Waals surface area contributed by atoms with E-state index in [1.54, 1.807) is 24.9 Å². The van der Waals surface area contributed by atoms with E-state index in [0.29, 0.717) is 0 Å². The van der Waals surface area contributed by atoms with E-state index in [0.717, 1.165) is 11.3 Å². The molecule has 4 heteroatoms. The van der Waals surface area contributed by atoms with E-state index in [9.17, 15) is 5.11 Å². The third-order valence-electron chi connectivity index (χ3n) is 2.75. The van der Waals surface area contributed by atoms with Crippen LogP contribution >= 0.6 is 0 Å². The maximum absolute atomic E-state index is 10.3. The van der Waals surface area contributed by atoms with Crippen LogP contribution in [0.5, 0.6) is 0 Å². The summed E-state index contributed by atoms with van der Waals surface area (Å²) in [5.41, 5.74) is 0.762. The third-order valence-corrected chi connectivity index (χ3v) is 2.75. The molecular formula is C10H18N2O2. The van der Waals surface area contributed by atoms with Gasteiger partial charge in [-0.05, 0) is 26.3 Å². The minimum Gasteiger partial charge on any atom is -0.381 e. The van der Waals surface area contributed by atoms with Crippen LogP contribution in [0.4, 0.5) is 0 Å². The zero-order chi connectivity index (χ0) is 10.9. The zero-order valence-corrected chi connectivity index (χ0v) is 9.40. The maximum Gasteiger partial charge on any atom is 0.129 e. The monoisotopic (exact) mass is 198 g/mol. The van der Waals surface area contributed by atoms with Crippen LogP contribution in [0.25, 0.3) is 0 Å². The first kappa shape index (κ1) is 11.2. The van der Waals surface area contributed by atoms with Crippen molar-refractivity contribution < 1.29 is 9.84 Å². The first-order valence-electron chi connectivity index (χ1n) is 4.65. The van der Waals surface area contributed by atoms with Gasteiger partial charge in [0.05, 0.1) is 18.0 Å². The number of hydrogen-bond acceptors (Lipinski definition) is 3. The number of aromatic nitrogens is 2. The second kappa shape index (κ2) is 3.71. The summed E-state index contributed by atoms with van der Waals surface area (Å²) in [6.07, 6.45) is 1.48. The van der Waals surface area contributed by atoms with Gasteiger partial charge in [-0.1, -0.05) is 0 Å². The maximum atomic E-state index is 10.3. The molecule has 0 aliphatic rings. The Morgan fingerprint density at radius 1 is 1.64 bits per heavy atom. The lowest BCUT2D eigenvalue weighted by Crippen LogP contribution is -2.38. The molecule has 0 aromatic carbocycles. The highest BCUT2D eigenvalue weighted by molar-refractivity contribution is 5.23. The molecule has 0 aliphatic carbocycles. The van der Waals surface area contributed by atoms with Crippen LogP contribution in [0.2, 0.25) is 0 Å². The molecule has 0 bridgehead atoms. The van der Waals surface area contributed by atoms with E-state index >= 15 is 0 Å². The lowest BCUT2D eigenvalue weighted by molar-refractivity contribution is -0.0822. The summed E-state index contributed by atoms with van der Waals surface area (Å²) in [5.74, 6) is 0. The van der Waals surface area contributed by atoms with Crippen molar-refractivity contribution >= 4 is 0 Å². The van der Waals surface area contributed by atoms with E-state index in [2.05, 4.69) is 5.10 Å². The van der Waals surface area contributed by atoms with Crippen molar-refractivity contribution in [2.24, 2.45) is 7.05 Å². The fourth-order valence-corrected chi connectivity index (χ4v) is 1.70. The number of nitrogens with zero attached hydrogens (tertiary/aromatic N) is 2. The minimum atomic E-state index is -1.01. The SMILES string of the molecule is COC(C)C(C)(O)c1c(C)cnn1C. The summed E-state index contributed by atoms with van der Waals surface area (Å²) in [7, 11) is 3.41. The molecule has 0 saturated heterocycles. The van der Waals surface area contributed by atoms with Gasteiger partial charge >= 0.3 is 0 Å². The molecule has 0 saturated carbocycles. The van der Waals surface area contributed by atoms with Crippen LogP contribution in [0.15, 0.2) is 6.20 Å². The van der Waals surface area contributed by atoms with Crippen LogP contribution in [-0.4, -0.2) is 28.1 Å². The molecule has 0 radical (unpaired) electrons. The summed E-state index contributed by atoms with van der Waals surface area (Å²) >= 11 is 0. The molecule has 1 rings (SSSR count). The lowest BCUT2D eigenvalue weighted by Gasteiger charge is -2.30. The molecule has 1 aromatic heterocycles. The predicted molar refractivity (Wildman–Crippen MR) is 54.0 cm³/mol. The molecule has 0 fully saturated rings. The van der Waals surface area contributed by atoms with Gasteiger partial charge < -0.3 is 9.84 Å². The van der Waals surface area contributed by atoms with E-state index in [-0.39, 0.29) is 6.10 Å². The van der Waals surface area contributed by atoms with Gasteiger partial charge in [-0.25, -0.2) is 0 Å². The Kier molecular flexibility index (Phi) is 2.97. The van der Waals surface area contributed by atoms with Crippen LogP contribution in [0, 0.1) is 6.92 Å². The number of rotatable bonds is 3. The number of ether oxygens (including phenoxy) is 1. The summed E-state index contributed by atoms with van der Waals surface area (Å²) in [5, 5.41) is 14.4. The van der Waals surface area contributed by atoms with Crippen LogP contribution in [0.1, 0.15) is 25.1 Å². The molecule has 1 heterocycles. The fourth-order valence-electron chi connectivity index (χ4n) is 1.70. The summed E-state index contributed by atoms with van der Waals surface area (Å²) in [4.78, 5) is 0. The van der Waals surface area contributed by atoms with E-state index in [4.69, 9.17) is 4.74 Å². The highest BCUT2D eigenvalue weighted by Crippen LogP contribution is 2.28.